The Hall–Kier alpha value is -2.76. The third-order valence-electron chi connectivity index (χ3n) is 6.50. The molecule has 0 spiro atoms. The molecule has 3 aromatic heterocycles. The molecule has 1 amide bonds. The fourth-order valence-electron chi connectivity index (χ4n) is 4.82. The Morgan fingerprint density at radius 2 is 2.16 bits per heavy atom. The first-order valence-corrected chi connectivity index (χ1v) is 11.7. The Morgan fingerprint density at radius 3 is 2.90 bits per heavy atom. The third-order valence-corrected chi connectivity index (χ3v) is 7.29. The van der Waals surface area contributed by atoms with Gasteiger partial charge < -0.3 is 4.57 Å². The topological polar surface area (TPSA) is 84.0 Å². The van der Waals surface area contributed by atoms with E-state index in [4.69, 9.17) is 10.1 Å². The van der Waals surface area contributed by atoms with Gasteiger partial charge in [-0.25, -0.2) is 10.0 Å². The van der Waals surface area contributed by atoms with Gasteiger partial charge in [0.2, 0.25) is 5.91 Å². The van der Waals surface area contributed by atoms with Crippen molar-refractivity contribution in [1.82, 2.24) is 19.6 Å². The van der Waals surface area contributed by atoms with Crippen molar-refractivity contribution in [3.63, 3.8) is 0 Å². The van der Waals surface area contributed by atoms with E-state index in [2.05, 4.69) is 26.8 Å². The van der Waals surface area contributed by atoms with E-state index in [9.17, 15) is 4.79 Å². The van der Waals surface area contributed by atoms with Crippen molar-refractivity contribution in [1.29, 1.82) is 5.26 Å². The quantitative estimate of drug-likeness (QED) is 0.607. The van der Waals surface area contributed by atoms with Gasteiger partial charge in [0, 0.05) is 36.7 Å². The van der Waals surface area contributed by atoms with Gasteiger partial charge in [-0.15, -0.1) is 11.3 Å². The SMILES string of the molecule is Cc1nc([C@@H]2CCON2C(=O)C2CCC(Cn3ccc4ncc(C#N)cc43)CC2)cs1. The molecular formula is C23H25N5O2S. The number of carbonyl (C=O) groups excluding carboxylic acids is 1. The van der Waals surface area contributed by atoms with Crippen LogP contribution in [0.15, 0.2) is 29.9 Å². The maximum atomic E-state index is 13.2. The number of carbonyl (C=O) groups is 1. The van der Waals surface area contributed by atoms with Gasteiger partial charge in [-0.2, -0.15) is 5.26 Å². The average molecular weight is 436 g/mol. The van der Waals surface area contributed by atoms with E-state index in [0.29, 0.717) is 18.1 Å². The largest absolute Gasteiger partial charge is 0.346 e. The van der Waals surface area contributed by atoms with Gasteiger partial charge in [0.1, 0.15) is 12.1 Å². The number of fused-ring (bicyclic) bond motifs is 1. The fraction of sp³-hybridized carbons (Fsp3) is 0.478. The highest BCUT2D eigenvalue weighted by atomic mass is 32.1. The van der Waals surface area contributed by atoms with Crippen LogP contribution in [0.1, 0.15) is 54.4 Å². The number of amides is 1. The summed E-state index contributed by atoms with van der Waals surface area (Å²) in [5, 5.41) is 13.8. The zero-order valence-corrected chi connectivity index (χ0v) is 18.3. The van der Waals surface area contributed by atoms with Crippen molar-refractivity contribution < 1.29 is 9.63 Å². The standard InChI is InChI=1S/C23H25N5O2S/c1-15-26-20(14-31-15)21-7-9-30-28(21)23(29)18-4-2-16(3-5-18)13-27-8-6-19-22(27)10-17(11-24)12-25-19/h6,8,10,12,14,16,18,21H,2-5,7,9,13H2,1H3/t16?,18?,21-/m0/s1. The van der Waals surface area contributed by atoms with E-state index in [1.807, 2.05) is 24.4 Å². The molecule has 1 aliphatic carbocycles. The molecule has 0 N–H and O–H groups in total. The first-order chi connectivity index (χ1) is 15.1. The van der Waals surface area contributed by atoms with Crippen LogP contribution >= 0.6 is 11.3 Å². The predicted molar refractivity (Wildman–Crippen MR) is 117 cm³/mol. The highest BCUT2D eigenvalue weighted by molar-refractivity contribution is 7.09. The molecule has 2 aliphatic rings. The van der Waals surface area contributed by atoms with Crippen LogP contribution < -0.4 is 0 Å². The van der Waals surface area contributed by atoms with Crippen LogP contribution in [0.2, 0.25) is 0 Å². The Bertz CT molecular complexity index is 1140. The number of nitrogens with zero attached hydrogens (tertiary/aromatic N) is 5. The third kappa shape index (κ3) is 3.95. The van der Waals surface area contributed by atoms with E-state index < -0.39 is 0 Å². The number of hydrogen-bond acceptors (Lipinski definition) is 6. The maximum Gasteiger partial charge on any atom is 0.249 e. The molecule has 0 radical (unpaired) electrons. The van der Waals surface area contributed by atoms with Crippen LogP contribution in [-0.2, 0) is 16.2 Å². The van der Waals surface area contributed by atoms with Crippen molar-refractivity contribution in [2.75, 3.05) is 6.61 Å². The molecule has 2 fully saturated rings. The molecule has 1 saturated heterocycles. The van der Waals surface area contributed by atoms with E-state index in [-0.39, 0.29) is 17.9 Å². The minimum Gasteiger partial charge on any atom is -0.346 e. The molecule has 160 valence electrons. The molecule has 1 atom stereocenters. The van der Waals surface area contributed by atoms with Crippen LogP contribution in [0.4, 0.5) is 0 Å². The van der Waals surface area contributed by atoms with Gasteiger partial charge in [0.25, 0.3) is 0 Å². The van der Waals surface area contributed by atoms with Crippen molar-refractivity contribution in [3.05, 3.63) is 46.2 Å². The molecule has 7 nitrogen and oxygen atoms in total. The van der Waals surface area contributed by atoms with Gasteiger partial charge in [-0.1, -0.05) is 0 Å². The average Bonchev–Trinajstić information content (AvgIpc) is 3.53. The highest BCUT2D eigenvalue weighted by Crippen LogP contribution is 2.37. The van der Waals surface area contributed by atoms with Crippen LogP contribution in [-0.4, -0.2) is 32.1 Å². The summed E-state index contributed by atoms with van der Waals surface area (Å²) in [4.78, 5) is 27.9. The normalized spacial score (nSPS) is 23.9. The Balaban J connectivity index is 1.21. The van der Waals surface area contributed by atoms with E-state index in [0.717, 1.165) is 60.4 Å². The predicted octanol–water partition coefficient (Wildman–Crippen LogP) is 4.38. The summed E-state index contributed by atoms with van der Waals surface area (Å²) in [6, 6.07) is 6.02. The zero-order chi connectivity index (χ0) is 21.4. The van der Waals surface area contributed by atoms with Crippen molar-refractivity contribution in [3.8, 4) is 6.07 Å². The van der Waals surface area contributed by atoms with Crippen LogP contribution in [0.5, 0.6) is 0 Å². The molecule has 3 aromatic rings. The lowest BCUT2D eigenvalue weighted by molar-refractivity contribution is -0.183. The van der Waals surface area contributed by atoms with Gasteiger partial charge in [0.05, 0.1) is 33.9 Å². The van der Waals surface area contributed by atoms with Crippen LogP contribution in [0, 0.1) is 30.1 Å². The number of nitriles is 1. The first-order valence-electron chi connectivity index (χ1n) is 10.9. The summed E-state index contributed by atoms with van der Waals surface area (Å²) >= 11 is 1.62. The summed E-state index contributed by atoms with van der Waals surface area (Å²) in [6.45, 7) is 3.45. The number of hydrogen-bond donors (Lipinski definition) is 0. The Labute approximate surface area is 185 Å². The molecule has 0 bridgehead atoms. The second kappa shape index (κ2) is 8.40. The van der Waals surface area contributed by atoms with Crippen molar-refractivity contribution in [2.24, 2.45) is 11.8 Å². The van der Waals surface area contributed by atoms with Crippen molar-refractivity contribution in [2.45, 2.75) is 51.6 Å². The lowest BCUT2D eigenvalue weighted by Gasteiger charge is -2.31. The monoisotopic (exact) mass is 435 g/mol. The number of aromatic nitrogens is 3. The molecule has 0 aromatic carbocycles. The summed E-state index contributed by atoms with van der Waals surface area (Å²) in [6.07, 6.45) is 8.26. The second-order valence-corrected chi connectivity index (χ2v) is 9.58. The number of pyridine rings is 1. The summed E-state index contributed by atoms with van der Waals surface area (Å²) < 4.78 is 2.19. The molecule has 4 heterocycles. The van der Waals surface area contributed by atoms with Crippen molar-refractivity contribution >= 4 is 28.3 Å². The lowest BCUT2D eigenvalue weighted by Crippen LogP contribution is -2.37. The summed E-state index contributed by atoms with van der Waals surface area (Å²) in [5.41, 5.74) is 3.45. The van der Waals surface area contributed by atoms with E-state index in [1.54, 1.807) is 22.6 Å². The van der Waals surface area contributed by atoms with Crippen LogP contribution in [0.25, 0.3) is 11.0 Å². The maximum absolute atomic E-state index is 13.2. The Kier molecular flexibility index (Phi) is 5.47. The molecule has 1 saturated carbocycles. The van der Waals surface area contributed by atoms with Crippen LogP contribution in [0.3, 0.4) is 0 Å². The number of hydroxylamine groups is 2. The van der Waals surface area contributed by atoms with E-state index in [1.165, 1.54) is 0 Å². The van der Waals surface area contributed by atoms with Gasteiger partial charge >= 0.3 is 0 Å². The second-order valence-electron chi connectivity index (χ2n) is 8.52. The Morgan fingerprint density at radius 1 is 1.32 bits per heavy atom. The molecule has 8 heteroatoms. The summed E-state index contributed by atoms with van der Waals surface area (Å²) in [5.74, 6) is 0.646. The minimum atomic E-state index is -0.0526. The molecule has 5 rings (SSSR count). The molecular weight excluding hydrogens is 410 g/mol. The van der Waals surface area contributed by atoms with Gasteiger partial charge in [-0.3, -0.25) is 14.6 Å². The number of thiazole rings is 1. The lowest BCUT2D eigenvalue weighted by atomic mass is 9.81. The minimum absolute atomic E-state index is 0.0184. The zero-order valence-electron chi connectivity index (χ0n) is 17.5. The van der Waals surface area contributed by atoms with Gasteiger partial charge in [0.15, 0.2) is 0 Å². The highest BCUT2D eigenvalue weighted by Gasteiger charge is 2.38. The summed E-state index contributed by atoms with van der Waals surface area (Å²) in [7, 11) is 0. The fourth-order valence-corrected chi connectivity index (χ4v) is 5.48. The molecule has 0 unspecified atom stereocenters. The number of aryl methyl sites for hydroxylation is 1. The van der Waals surface area contributed by atoms with Gasteiger partial charge in [-0.05, 0) is 50.7 Å². The molecule has 31 heavy (non-hydrogen) atoms. The molecule has 1 aliphatic heterocycles. The number of rotatable bonds is 4. The van der Waals surface area contributed by atoms with E-state index >= 15 is 0 Å². The first kappa shape index (κ1) is 20.2. The smallest absolute Gasteiger partial charge is 0.249 e.